The van der Waals surface area contributed by atoms with Crippen LogP contribution >= 0.6 is 0 Å². The predicted octanol–water partition coefficient (Wildman–Crippen LogP) is 5.23. The maximum atomic E-state index is 12.9. The number of aromatic nitrogens is 6. The first-order valence-corrected chi connectivity index (χ1v) is 17.7. The molecule has 1 atom stereocenters. The zero-order chi connectivity index (χ0) is 37.7. The number of pyridine rings is 3. The van der Waals surface area contributed by atoms with Crippen molar-refractivity contribution in [3.8, 4) is 34.2 Å². The fraction of sp³-hybridized carbons (Fsp3) is 0.214. The standard InChI is InChI=1S/C42H36N8O4/c1-24(2)31-18-28(20-37-39(31)49(4)42(54)48(37)3)29-9-5-8-26-19-35(45-22-32(26)29)27-10-12-34(44-21-27)41(53)43-15-6-7-25-14-16-50-36(17-25)33(23-46-50)30-11-13-38(51)47-40(30)52/h5,8-10,12,14,16-24,30H,11,13,15H2,1-4H3,(H,43,53)(H,47,51,52). The number of piperidine rings is 1. The predicted molar refractivity (Wildman–Crippen MR) is 206 cm³/mol. The van der Waals surface area contributed by atoms with Crippen LogP contribution in [0.3, 0.4) is 0 Å². The van der Waals surface area contributed by atoms with Crippen LogP contribution in [-0.2, 0) is 23.7 Å². The molecule has 12 heteroatoms. The highest BCUT2D eigenvalue weighted by atomic mass is 16.2. The van der Waals surface area contributed by atoms with Gasteiger partial charge in [-0.2, -0.15) is 5.10 Å². The minimum atomic E-state index is -0.453. The Bertz CT molecular complexity index is 2800. The summed E-state index contributed by atoms with van der Waals surface area (Å²) in [5.74, 6) is 4.86. The van der Waals surface area contributed by atoms with Gasteiger partial charge >= 0.3 is 5.69 Å². The number of carbonyl (C=O) groups is 3. The third kappa shape index (κ3) is 6.09. The summed E-state index contributed by atoms with van der Waals surface area (Å²) >= 11 is 0. The Hall–Kier alpha value is -6.87. The lowest BCUT2D eigenvalue weighted by Crippen LogP contribution is -2.39. The molecule has 0 bridgehead atoms. The summed E-state index contributed by atoms with van der Waals surface area (Å²) in [5.41, 5.74) is 8.89. The van der Waals surface area contributed by atoms with Crippen LogP contribution in [0.1, 0.15) is 65.7 Å². The molecule has 2 N–H and O–H groups in total. The van der Waals surface area contributed by atoms with Gasteiger partial charge in [0.25, 0.3) is 5.91 Å². The molecule has 1 unspecified atom stereocenters. The molecule has 1 saturated heterocycles. The van der Waals surface area contributed by atoms with Crippen LogP contribution in [0.2, 0.25) is 0 Å². The third-order valence-corrected chi connectivity index (χ3v) is 10.1. The van der Waals surface area contributed by atoms with Crippen LogP contribution in [0.25, 0.3) is 49.7 Å². The molecule has 12 nitrogen and oxygen atoms in total. The highest BCUT2D eigenvalue weighted by molar-refractivity contribution is 6.02. The molecule has 7 aromatic rings. The Morgan fingerprint density at radius 2 is 1.80 bits per heavy atom. The molecule has 5 aromatic heterocycles. The van der Waals surface area contributed by atoms with Crippen LogP contribution in [0.15, 0.2) is 90.2 Å². The summed E-state index contributed by atoms with van der Waals surface area (Å²) in [5, 5.41) is 11.5. The number of imide groups is 1. The van der Waals surface area contributed by atoms with E-state index >= 15 is 0 Å². The first kappa shape index (κ1) is 34.2. The molecule has 54 heavy (non-hydrogen) atoms. The lowest BCUT2D eigenvalue weighted by atomic mass is 9.91. The van der Waals surface area contributed by atoms with Gasteiger partial charge in [-0.15, -0.1) is 0 Å². The number of nitrogens with one attached hydrogen (secondary N) is 2. The van der Waals surface area contributed by atoms with E-state index in [9.17, 15) is 19.2 Å². The topological polar surface area (TPSA) is 145 Å². The Morgan fingerprint density at radius 1 is 0.944 bits per heavy atom. The molecule has 2 aromatic carbocycles. The molecule has 6 heterocycles. The summed E-state index contributed by atoms with van der Waals surface area (Å²) in [6, 6.07) is 19.6. The quantitative estimate of drug-likeness (QED) is 0.177. The molecule has 1 aliphatic heterocycles. The Morgan fingerprint density at radius 3 is 2.57 bits per heavy atom. The molecule has 1 fully saturated rings. The summed E-state index contributed by atoms with van der Waals surface area (Å²) in [6.45, 7) is 4.38. The molecule has 268 valence electrons. The summed E-state index contributed by atoms with van der Waals surface area (Å²) in [7, 11) is 3.62. The Labute approximate surface area is 309 Å². The Balaban J connectivity index is 0.968. The van der Waals surface area contributed by atoms with Crippen LogP contribution in [0.5, 0.6) is 0 Å². The maximum Gasteiger partial charge on any atom is 0.328 e. The number of aryl methyl sites for hydroxylation is 2. The summed E-state index contributed by atoms with van der Waals surface area (Å²) in [4.78, 5) is 58.9. The van der Waals surface area contributed by atoms with Crippen molar-refractivity contribution in [2.24, 2.45) is 14.1 Å². The highest BCUT2D eigenvalue weighted by Crippen LogP contribution is 2.35. The van der Waals surface area contributed by atoms with Gasteiger partial charge in [-0.25, -0.2) is 9.31 Å². The first-order chi connectivity index (χ1) is 26.1. The first-order valence-electron chi connectivity index (χ1n) is 17.7. The fourth-order valence-corrected chi connectivity index (χ4v) is 7.24. The molecule has 3 amide bonds. The number of imidazole rings is 1. The van der Waals surface area contributed by atoms with E-state index in [1.165, 1.54) is 0 Å². The number of nitrogens with zero attached hydrogens (tertiary/aromatic N) is 6. The minimum absolute atomic E-state index is 0.0521. The highest BCUT2D eigenvalue weighted by Gasteiger charge is 2.30. The fourth-order valence-electron chi connectivity index (χ4n) is 7.24. The molecule has 0 saturated carbocycles. The maximum absolute atomic E-state index is 12.9. The van der Waals surface area contributed by atoms with Crippen molar-refractivity contribution in [2.75, 3.05) is 6.54 Å². The molecular weight excluding hydrogens is 681 g/mol. The van der Waals surface area contributed by atoms with Gasteiger partial charge in [0.05, 0.1) is 40.9 Å². The van der Waals surface area contributed by atoms with Gasteiger partial charge in [-0.1, -0.05) is 43.9 Å². The van der Waals surface area contributed by atoms with Gasteiger partial charge in [-0.05, 0) is 76.9 Å². The van der Waals surface area contributed by atoms with E-state index in [4.69, 9.17) is 4.98 Å². The summed E-state index contributed by atoms with van der Waals surface area (Å²) < 4.78 is 5.09. The Kier molecular flexibility index (Phi) is 8.62. The smallest absolute Gasteiger partial charge is 0.328 e. The van der Waals surface area contributed by atoms with Crippen molar-refractivity contribution in [3.05, 3.63) is 118 Å². The third-order valence-electron chi connectivity index (χ3n) is 10.1. The molecule has 0 aliphatic carbocycles. The van der Waals surface area contributed by atoms with Crippen molar-refractivity contribution < 1.29 is 14.4 Å². The van der Waals surface area contributed by atoms with Gasteiger partial charge < -0.3 is 5.32 Å². The second-order valence-corrected chi connectivity index (χ2v) is 13.9. The zero-order valence-corrected chi connectivity index (χ0v) is 30.2. The van der Waals surface area contributed by atoms with Crippen molar-refractivity contribution in [2.45, 2.75) is 38.5 Å². The van der Waals surface area contributed by atoms with Crippen molar-refractivity contribution >= 4 is 45.0 Å². The van der Waals surface area contributed by atoms with Gasteiger partial charge in [0.1, 0.15) is 5.69 Å². The van der Waals surface area contributed by atoms with Crippen molar-refractivity contribution in [1.29, 1.82) is 0 Å². The van der Waals surface area contributed by atoms with Crippen LogP contribution in [0, 0.1) is 11.8 Å². The summed E-state index contributed by atoms with van der Waals surface area (Å²) in [6.07, 6.45) is 7.63. The number of rotatable bonds is 6. The number of carbonyl (C=O) groups excluding carboxylic acids is 3. The molecular formula is C42H36N8O4. The number of hydrogen-bond donors (Lipinski definition) is 2. The van der Waals surface area contributed by atoms with Gasteiger partial charge in [0.2, 0.25) is 11.8 Å². The second-order valence-electron chi connectivity index (χ2n) is 13.9. The van der Waals surface area contributed by atoms with E-state index in [2.05, 4.69) is 64.6 Å². The average molecular weight is 717 g/mol. The number of benzene rings is 2. The molecule has 1 aliphatic rings. The van der Waals surface area contributed by atoms with Gasteiger partial charge in [-0.3, -0.25) is 38.8 Å². The minimum Gasteiger partial charge on any atom is -0.340 e. The molecule has 8 rings (SSSR count). The van der Waals surface area contributed by atoms with Gasteiger partial charge in [0.15, 0.2) is 0 Å². The number of amides is 3. The van der Waals surface area contributed by atoms with E-state index in [0.717, 1.165) is 60.8 Å². The van der Waals surface area contributed by atoms with Crippen LogP contribution in [-0.4, -0.2) is 53.0 Å². The lowest BCUT2D eigenvalue weighted by Gasteiger charge is -2.19. The lowest BCUT2D eigenvalue weighted by molar-refractivity contribution is -0.134. The van der Waals surface area contributed by atoms with Crippen molar-refractivity contribution in [1.82, 2.24) is 39.3 Å². The van der Waals surface area contributed by atoms with E-state index < -0.39 is 5.92 Å². The average Bonchev–Trinajstić information content (AvgIpc) is 3.69. The monoisotopic (exact) mass is 716 g/mol. The second kappa shape index (κ2) is 13.6. The van der Waals surface area contributed by atoms with E-state index in [1.54, 1.807) is 51.4 Å². The van der Waals surface area contributed by atoms with E-state index in [1.807, 2.05) is 43.6 Å². The largest absolute Gasteiger partial charge is 0.340 e. The normalized spacial score (nSPS) is 14.4. The van der Waals surface area contributed by atoms with E-state index in [0.29, 0.717) is 12.0 Å². The van der Waals surface area contributed by atoms with Gasteiger partial charge in [0, 0.05) is 61.2 Å². The van der Waals surface area contributed by atoms with E-state index in [-0.39, 0.29) is 48.0 Å². The molecule has 0 spiro atoms. The SMILES string of the molecule is CC(C)c1cc(-c2cccc3cc(-c4ccc(C(=O)NCC#Cc5ccn6ncc(C7CCC(=O)NC7=O)c6c5)nc4)ncc23)cc2c1n(C)c(=O)n2C. The van der Waals surface area contributed by atoms with Crippen LogP contribution in [0.4, 0.5) is 0 Å². The zero-order valence-electron chi connectivity index (χ0n) is 30.2. The van der Waals surface area contributed by atoms with Crippen molar-refractivity contribution in [3.63, 3.8) is 0 Å². The number of fused-ring (bicyclic) bond motifs is 3. The van der Waals surface area contributed by atoms with Crippen LogP contribution < -0.4 is 16.3 Å². The number of hydrogen-bond acceptors (Lipinski definition) is 7. The molecule has 0 radical (unpaired) electrons.